The molecule has 1 aliphatic heterocycles. The van der Waals surface area contributed by atoms with Gasteiger partial charge in [0.1, 0.15) is 22.3 Å². The smallest absolute Gasteiger partial charge is 0.198 e. The Labute approximate surface area is 186 Å². The minimum atomic E-state index is -0.305. The highest BCUT2D eigenvalue weighted by molar-refractivity contribution is 8.00. The lowest BCUT2D eigenvalue weighted by molar-refractivity contribution is 0.427. The predicted molar refractivity (Wildman–Crippen MR) is 124 cm³/mol. The van der Waals surface area contributed by atoms with Crippen LogP contribution in [0.15, 0.2) is 21.6 Å². The molecular formula is C20H23FN8S2. The van der Waals surface area contributed by atoms with E-state index in [0.717, 1.165) is 50.8 Å². The van der Waals surface area contributed by atoms with Gasteiger partial charge in [-0.1, -0.05) is 11.3 Å². The number of nitrogens with one attached hydrogen (secondary N) is 2. The Morgan fingerprint density at radius 1 is 1.32 bits per heavy atom. The fourth-order valence-electron chi connectivity index (χ4n) is 4.20. The molecule has 1 aliphatic rings. The first-order valence-electron chi connectivity index (χ1n) is 10.1. The van der Waals surface area contributed by atoms with Crippen LogP contribution in [0.25, 0.3) is 21.9 Å². The van der Waals surface area contributed by atoms with Crippen LogP contribution in [0.2, 0.25) is 0 Å². The molecule has 4 N–H and O–H groups in total. The van der Waals surface area contributed by atoms with Gasteiger partial charge in [-0.15, -0.1) is 10.2 Å². The number of hydrogen-bond acceptors (Lipinski definition) is 9. The van der Waals surface area contributed by atoms with Gasteiger partial charge >= 0.3 is 0 Å². The van der Waals surface area contributed by atoms with E-state index in [0.29, 0.717) is 16.5 Å². The van der Waals surface area contributed by atoms with E-state index >= 15 is 0 Å². The highest BCUT2D eigenvalue weighted by atomic mass is 32.2. The van der Waals surface area contributed by atoms with Crippen molar-refractivity contribution in [2.45, 2.75) is 48.3 Å². The van der Waals surface area contributed by atoms with Crippen LogP contribution in [0.4, 0.5) is 15.9 Å². The van der Waals surface area contributed by atoms with Crippen molar-refractivity contribution in [2.24, 2.45) is 5.73 Å². The molecule has 31 heavy (non-hydrogen) atoms. The van der Waals surface area contributed by atoms with Crippen LogP contribution in [-0.4, -0.2) is 50.8 Å². The number of nitrogens with zero attached hydrogens (tertiary/aromatic N) is 5. The van der Waals surface area contributed by atoms with Gasteiger partial charge in [0.25, 0.3) is 0 Å². The molecule has 0 radical (unpaired) electrons. The Hall–Kier alpha value is -2.50. The number of hydrogen-bond donors (Lipinski definition) is 3. The highest BCUT2D eigenvalue weighted by Gasteiger charge is 2.28. The second-order valence-corrected chi connectivity index (χ2v) is 10.2. The molecule has 1 aromatic carbocycles. The third-order valence-electron chi connectivity index (χ3n) is 5.63. The normalized spacial score (nSPS) is 19.5. The standard InChI is InChI=1S/C20H23FN8S2/c1-9-6-12(22)4-5-29(9)18-15-13-7-11(21)8-14(23-3)16(13)24-17(15)25-19(26-18)31-20-28-27-10(2)30-20/h7-9,12,23H,4-6,22H2,1-3H3,(H,24,25,26)/t9-,12?/m1/s1. The molecule has 2 atom stereocenters. The summed E-state index contributed by atoms with van der Waals surface area (Å²) in [6, 6.07) is 3.42. The minimum Gasteiger partial charge on any atom is -0.386 e. The van der Waals surface area contributed by atoms with Gasteiger partial charge in [-0.25, -0.2) is 14.4 Å². The van der Waals surface area contributed by atoms with Crippen molar-refractivity contribution in [2.75, 3.05) is 23.8 Å². The average Bonchev–Trinajstić information content (AvgIpc) is 3.30. The molecule has 0 spiro atoms. The van der Waals surface area contributed by atoms with Gasteiger partial charge in [0.2, 0.25) is 0 Å². The van der Waals surface area contributed by atoms with Crippen LogP contribution in [0.3, 0.4) is 0 Å². The lowest BCUT2D eigenvalue weighted by atomic mass is 9.98. The Morgan fingerprint density at radius 3 is 2.87 bits per heavy atom. The van der Waals surface area contributed by atoms with Crippen molar-refractivity contribution in [3.8, 4) is 0 Å². The maximum absolute atomic E-state index is 14.4. The monoisotopic (exact) mass is 458 g/mol. The van der Waals surface area contributed by atoms with Gasteiger partial charge in [-0.05, 0) is 50.6 Å². The summed E-state index contributed by atoms with van der Waals surface area (Å²) in [5, 5.41) is 14.4. The van der Waals surface area contributed by atoms with Gasteiger partial charge < -0.3 is 20.9 Å². The third-order valence-corrected chi connectivity index (χ3v) is 7.38. The Bertz CT molecular complexity index is 1270. The van der Waals surface area contributed by atoms with Crippen molar-refractivity contribution in [1.29, 1.82) is 0 Å². The number of aromatic amines is 1. The topological polar surface area (TPSA) is 109 Å². The molecule has 11 heteroatoms. The molecule has 1 saturated heterocycles. The Kier molecular flexibility index (Phi) is 5.19. The van der Waals surface area contributed by atoms with Crippen LogP contribution in [0.1, 0.15) is 24.8 Å². The minimum absolute atomic E-state index is 0.179. The number of benzene rings is 1. The number of H-pyrrole nitrogens is 1. The van der Waals surface area contributed by atoms with Gasteiger partial charge in [-0.2, -0.15) is 0 Å². The first-order chi connectivity index (χ1) is 14.9. The quantitative estimate of drug-likeness (QED) is 0.395. The molecule has 0 amide bonds. The number of piperidine rings is 1. The van der Waals surface area contributed by atoms with Crippen molar-refractivity contribution >= 4 is 56.5 Å². The fourth-order valence-corrected chi connectivity index (χ4v) is 5.87. The molecule has 0 aliphatic carbocycles. The largest absolute Gasteiger partial charge is 0.386 e. The van der Waals surface area contributed by atoms with E-state index in [4.69, 9.17) is 15.7 Å². The van der Waals surface area contributed by atoms with Crippen molar-refractivity contribution in [3.63, 3.8) is 0 Å². The molecular weight excluding hydrogens is 435 g/mol. The molecule has 4 aromatic rings. The van der Waals surface area contributed by atoms with Gasteiger partial charge in [0.15, 0.2) is 9.50 Å². The maximum Gasteiger partial charge on any atom is 0.198 e. The van der Waals surface area contributed by atoms with E-state index in [1.165, 1.54) is 29.2 Å². The second kappa shape index (κ2) is 7.88. The number of fused-ring (bicyclic) bond motifs is 3. The average molecular weight is 459 g/mol. The van der Waals surface area contributed by atoms with Crippen LogP contribution in [-0.2, 0) is 0 Å². The van der Waals surface area contributed by atoms with Gasteiger partial charge in [0, 0.05) is 31.1 Å². The summed E-state index contributed by atoms with van der Waals surface area (Å²) in [6.45, 7) is 4.86. The summed E-state index contributed by atoms with van der Waals surface area (Å²) in [4.78, 5) is 15.3. The van der Waals surface area contributed by atoms with Gasteiger partial charge in [0.05, 0.1) is 16.6 Å². The summed E-state index contributed by atoms with van der Waals surface area (Å²) in [7, 11) is 1.78. The maximum atomic E-state index is 14.4. The highest BCUT2D eigenvalue weighted by Crippen LogP contribution is 2.39. The third kappa shape index (κ3) is 3.70. The summed E-state index contributed by atoms with van der Waals surface area (Å²) < 4.78 is 15.2. The Balaban J connectivity index is 1.73. The van der Waals surface area contributed by atoms with Gasteiger partial charge in [-0.3, -0.25) is 0 Å². The molecule has 1 fully saturated rings. The summed E-state index contributed by atoms with van der Waals surface area (Å²) >= 11 is 2.89. The number of aromatic nitrogens is 5. The molecule has 1 unspecified atom stereocenters. The lowest BCUT2D eigenvalue weighted by Gasteiger charge is -2.37. The number of halogens is 1. The summed E-state index contributed by atoms with van der Waals surface area (Å²) in [5.74, 6) is 0.493. The number of aryl methyl sites for hydroxylation is 1. The van der Waals surface area contributed by atoms with Crippen molar-refractivity contribution in [3.05, 3.63) is 23.0 Å². The van der Waals surface area contributed by atoms with Crippen molar-refractivity contribution in [1.82, 2.24) is 25.1 Å². The van der Waals surface area contributed by atoms with E-state index in [1.807, 2.05) is 6.92 Å². The zero-order chi connectivity index (χ0) is 21.7. The van der Waals surface area contributed by atoms with Crippen molar-refractivity contribution < 1.29 is 4.39 Å². The molecule has 0 saturated carbocycles. The first kappa shape index (κ1) is 20.4. The van der Waals surface area contributed by atoms with Crippen LogP contribution >= 0.6 is 23.1 Å². The van der Waals surface area contributed by atoms with E-state index in [-0.39, 0.29) is 17.9 Å². The number of nitrogens with two attached hydrogens (primary N) is 1. The molecule has 0 bridgehead atoms. The SMILES string of the molecule is CNc1cc(F)cc2c1[nH]c1nc(Sc3nnc(C)s3)nc(N3CCC(N)C[C@H]3C)c12. The van der Waals surface area contributed by atoms with E-state index < -0.39 is 0 Å². The molecule has 8 nitrogen and oxygen atoms in total. The summed E-state index contributed by atoms with van der Waals surface area (Å²) in [6.07, 6.45) is 1.76. The fraction of sp³-hybridized carbons (Fsp3) is 0.400. The van der Waals surface area contributed by atoms with Crippen LogP contribution < -0.4 is 16.0 Å². The lowest BCUT2D eigenvalue weighted by Crippen LogP contribution is -2.46. The zero-order valence-corrected chi connectivity index (χ0v) is 19.1. The Morgan fingerprint density at radius 2 is 2.16 bits per heavy atom. The molecule has 3 aromatic heterocycles. The first-order valence-corrected chi connectivity index (χ1v) is 11.8. The number of anilines is 2. The molecule has 5 rings (SSSR count). The van der Waals surface area contributed by atoms with E-state index in [9.17, 15) is 4.39 Å². The van der Waals surface area contributed by atoms with E-state index in [2.05, 4.69) is 32.3 Å². The second-order valence-electron chi connectivity index (χ2n) is 7.82. The summed E-state index contributed by atoms with van der Waals surface area (Å²) in [5.41, 5.74) is 8.37. The van der Waals surface area contributed by atoms with E-state index in [1.54, 1.807) is 13.1 Å². The zero-order valence-electron chi connectivity index (χ0n) is 17.4. The molecule has 162 valence electrons. The number of rotatable bonds is 4. The van der Waals surface area contributed by atoms with Crippen LogP contribution in [0, 0.1) is 12.7 Å². The molecule has 4 heterocycles. The predicted octanol–water partition coefficient (Wildman–Crippen LogP) is 3.92. The van der Waals surface area contributed by atoms with Crippen LogP contribution in [0.5, 0.6) is 0 Å².